The van der Waals surface area contributed by atoms with Gasteiger partial charge in [0, 0.05) is 13.5 Å². The summed E-state index contributed by atoms with van der Waals surface area (Å²) >= 11 is 0. The Morgan fingerprint density at radius 3 is 2.78 bits per heavy atom. The minimum absolute atomic E-state index is 1.07. The molecule has 0 aliphatic carbocycles. The summed E-state index contributed by atoms with van der Waals surface area (Å²) in [5, 5.41) is 3.44. The highest BCUT2D eigenvalue weighted by Crippen LogP contribution is 2.15. The summed E-state index contributed by atoms with van der Waals surface area (Å²) in [6.07, 6.45) is 4.71. The first-order valence-corrected chi connectivity index (χ1v) is 6.94. The molecule has 0 unspecified atom stereocenters. The predicted molar refractivity (Wildman–Crippen MR) is 76.8 cm³/mol. The molecule has 0 bridgehead atoms. The summed E-state index contributed by atoms with van der Waals surface area (Å²) in [6.45, 7) is 4.45. The van der Waals surface area contributed by atoms with Gasteiger partial charge in [-0.3, -0.25) is 0 Å². The van der Waals surface area contributed by atoms with E-state index in [2.05, 4.69) is 47.0 Å². The zero-order valence-corrected chi connectivity index (χ0v) is 11.4. The fraction of sp³-hybridized carbons (Fsp3) is 0.533. The lowest BCUT2D eigenvalue weighted by molar-refractivity contribution is 0.605. The molecular formula is C15H23N3. The first-order chi connectivity index (χ1) is 8.83. The third-order valence-corrected chi connectivity index (χ3v) is 3.31. The van der Waals surface area contributed by atoms with Gasteiger partial charge in [-0.25, -0.2) is 4.98 Å². The number of hydrogen-bond acceptors (Lipinski definition) is 2. The Kier molecular flexibility index (Phi) is 4.76. The van der Waals surface area contributed by atoms with Crippen molar-refractivity contribution in [1.82, 2.24) is 14.9 Å². The summed E-state index contributed by atoms with van der Waals surface area (Å²) in [6, 6.07) is 8.34. The quantitative estimate of drug-likeness (QED) is 0.760. The van der Waals surface area contributed by atoms with E-state index in [0.717, 1.165) is 25.0 Å². The Morgan fingerprint density at radius 2 is 2.00 bits per heavy atom. The van der Waals surface area contributed by atoms with E-state index in [1.165, 1.54) is 30.6 Å². The number of hydrogen-bond donors (Lipinski definition) is 1. The second-order valence-electron chi connectivity index (χ2n) is 4.78. The number of aromatic nitrogens is 2. The van der Waals surface area contributed by atoms with Crippen molar-refractivity contribution in [2.45, 2.75) is 32.6 Å². The third kappa shape index (κ3) is 3.10. The van der Waals surface area contributed by atoms with E-state index in [1.54, 1.807) is 0 Å². The minimum atomic E-state index is 1.07. The maximum atomic E-state index is 4.69. The molecule has 3 heteroatoms. The number of aryl methyl sites for hydroxylation is 2. The molecule has 1 aromatic heterocycles. The molecule has 0 spiro atoms. The zero-order valence-electron chi connectivity index (χ0n) is 11.4. The molecule has 98 valence electrons. The number of nitrogens with zero attached hydrogens (tertiary/aromatic N) is 2. The lowest BCUT2D eigenvalue weighted by atomic mass is 10.2. The van der Waals surface area contributed by atoms with Gasteiger partial charge in [-0.05, 0) is 44.5 Å². The minimum Gasteiger partial charge on any atom is -0.331 e. The zero-order chi connectivity index (χ0) is 12.8. The van der Waals surface area contributed by atoms with Crippen molar-refractivity contribution in [2.24, 2.45) is 7.05 Å². The van der Waals surface area contributed by atoms with Crippen molar-refractivity contribution in [3.05, 3.63) is 30.1 Å². The second kappa shape index (κ2) is 6.55. The number of fused-ring (bicyclic) bond motifs is 1. The van der Waals surface area contributed by atoms with Crippen molar-refractivity contribution in [3.8, 4) is 0 Å². The molecule has 2 aromatic rings. The van der Waals surface area contributed by atoms with Crippen LogP contribution < -0.4 is 5.32 Å². The van der Waals surface area contributed by atoms with Crippen LogP contribution >= 0.6 is 0 Å². The van der Waals surface area contributed by atoms with E-state index < -0.39 is 0 Å². The number of unbranched alkanes of at least 4 members (excludes halogenated alkanes) is 1. The average Bonchev–Trinajstić information content (AvgIpc) is 2.71. The van der Waals surface area contributed by atoms with Gasteiger partial charge < -0.3 is 9.88 Å². The lowest BCUT2D eigenvalue weighted by Crippen LogP contribution is -2.16. The van der Waals surface area contributed by atoms with Gasteiger partial charge >= 0.3 is 0 Å². The normalized spacial score (nSPS) is 11.2. The number of nitrogens with one attached hydrogen (secondary N) is 1. The van der Waals surface area contributed by atoms with Crippen LogP contribution in [-0.2, 0) is 13.5 Å². The average molecular weight is 245 g/mol. The van der Waals surface area contributed by atoms with E-state index >= 15 is 0 Å². The molecule has 1 aromatic carbocycles. The van der Waals surface area contributed by atoms with E-state index in [9.17, 15) is 0 Å². The van der Waals surface area contributed by atoms with Crippen LogP contribution in [0.4, 0.5) is 0 Å². The van der Waals surface area contributed by atoms with E-state index in [1.807, 2.05) is 6.07 Å². The molecular weight excluding hydrogens is 222 g/mol. The Balaban J connectivity index is 1.86. The van der Waals surface area contributed by atoms with Gasteiger partial charge in [0.1, 0.15) is 5.82 Å². The predicted octanol–water partition coefficient (Wildman–Crippen LogP) is 2.90. The van der Waals surface area contributed by atoms with Crippen LogP contribution in [0, 0.1) is 0 Å². The lowest BCUT2D eigenvalue weighted by Gasteiger charge is -2.04. The van der Waals surface area contributed by atoms with Crippen molar-refractivity contribution in [3.63, 3.8) is 0 Å². The van der Waals surface area contributed by atoms with E-state index in [0.29, 0.717) is 0 Å². The molecule has 0 amide bonds. The molecule has 0 radical (unpaired) electrons. The van der Waals surface area contributed by atoms with E-state index in [-0.39, 0.29) is 0 Å². The van der Waals surface area contributed by atoms with Gasteiger partial charge in [0.15, 0.2) is 0 Å². The summed E-state index contributed by atoms with van der Waals surface area (Å²) in [4.78, 5) is 4.69. The maximum absolute atomic E-state index is 4.69. The van der Waals surface area contributed by atoms with Gasteiger partial charge in [-0.1, -0.05) is 19.1 Å². The highest BCUT2D eigenvalue weighted by atomic mass is 15.1. The van der Waals surface area contributed by atoms with E-state index in [4.69, 9.17) is 0 Å². The maximum Gasteiger partial charge on any atom is 0.109 e. The van der Waals surface area contributed by atoms with Crippen molar-refractivity contribution in [2.75, 3.05) is 13.1 Å². The fourth-order valence-electron chi connectivity index (χ4n) is 2.25. The summed E-state index contributed by atoms with van der Waals surface area (Å²) < 4.78 is 2.22. The number of rotatable bonds is 7. The van der Waals surface area contributed by atoms with Gasteiger partial charge in [-0.15, -0.1) is 0 Å². The van der Waals surface area contributed by atoms with Gasteiger partial charge in [0.25, 0.3) is 0 Å². The van der Waals surface area contributed by atoms with Crippen LogP contribution in [0.5, 0.6) is 0 Å². The van der Waals surface area contributed by atoms with Crippen molar-refractivity contribution < 1.29 is 0 Å². The smallest absolute Gasteiger partial charge is 0.109 e. The molecule has 3 nitrogen and oxygen atoms in total. The summed E-state index contributed by atoms with van der Waals surface area (Å²) in [5.41, 5.74) is 2.34. The molecule has 1 heterocycles. The van der Waals surface area contributed by atoms with Crippen LogP contribution in [0.1, 0.15) is 32.0 Å². The fourth-order valence-corrected chi connectivity index (χ4v) is 2.25. The van der Waals surface area contributed by atoms with Crippen LogP contribution in [0.25, 0.3) is 11.0 Å². The summed E-state index contributed by atoms with van der Waals surface area (Å²) in [7, 11) is 2.11. The van der Waals surface area contributed by atoms with Gasteiger partial charge in [0.2, 0.25) is 0 Å². The Hall–Kier alpha value is -1.35. The van der Waals surface area contributed by atoms with Crippen LogP contribution in [0.15, 0.2) is 24.3 Å². The number of benzene rings is 1. The number of para-hydroxylation sites is 2. The van der Waals surface area contributed by atoms with Crippen LogP contribution in [0.2, 0.25) is 0 Å². The van der Waals surface area contributed by atoms with Gasteiger partial charge in [0.05, 0.1) is 11.0 Å². The molecule has 0 aliphatic rings. The Labute approximate surface area is 109 Å². The summed E-state index contributed by atoms with van der Waals surface area (Å²) in [5.74, 6) is 1.20. The Bertz CT molecular complexity index is 487. The van der Waals surface area contributed by atoms with Crippen LogP contribution in [-0.4, -0.2) is 22.6 Å². The SMILES string of the molecule is CCCNCCCCc1nc2ccccc2n1C. The molecule has 18 heavy (non-hydrogen) atoms. The number of imidazole rings is 1. The molecule has 0 saturated carbocycles. The molecule has 0 fully saturated rings. The van der Waals surface area contributed by atoms with Gasteiger partial charge in [-0.2, -0.15) is 0 Å². The molecule has 0 atom stereocenters. The van der Waals surface area contributed by atoms with Crippen molar-refractivity contribution >= 4 is 11.0 Å². The Morgan fingerprint density at radius 1 is 1.17 bits per heavy atom. The highest BCUT2D eigenvalue weighted by Gasteiger charge is 2.05. The highest BCUT2D eigenvalue weighted by molar-refractivity contribution is 5.75. The molecule has 1 N–H and O–H groups in total. The first-order valence-electron chi connectivity index (χ1n) is 6.94. The molecule has 0 aliphatic heterocycles. The molecule has 0 saturated heterocycles. The standard InChI is InChI=1S/C15H23N3/c1-3-11-16-12-7-6-10-15-17-13-8-4-5-9-14(13)18(15)2/h4-5,8-9,16H,3,6-7,10-12H2,1-2H3. The van der Waals surface area contributed by atoms with Crippen molar-refractivity contribution in [1.29, 1.82) is 0 Å². The monoisotopic (exact) mass is 245 g/mol. The first kappa shape index (κ1) is 13.1. The van der Waals surface area contributed by atoms with Crippen LogP contribution in [0.3, 0.4) is 0 Å². The largest absolute Gasteiger partial charge is 0.331 e. The molecule has 2 rings (SSSR count). The second-order valence-corrected chi connectivity index (χ2v) is 4.78. The topological polar surface area (TPSA) is 29.9 Å². The third-order valence-electron chi connectivity index (χ3n) is 3.31.